The van der Waals surface area contributed by atoms with Gasteiger partial charge < -0.3 is 10.2 Å². The van der Waals surface area contributed by atoms with Crippen molar-refractivity contribution in [3.8, 4) is 5.75 Å². The molecule has 22 heavy (non-hydrogen) atoms. The zero-order valence-corrected chi connectivity index (χ0v) is 13.8. The van der Waals surface area contributed by atoms with Crippen molar-refractivity contribution >= 4 is 0 Å². The van der Waals surface area contributed by atoms with Gasteiger partial charge in [0.2, 0.25) is 0 Å². The monoisotopic (exact) mass is 298 g/mol. The van der Waals surface area contributed by atoms with Gasteiger partial charge in [0.25, 0.3) is 0 Å². The van der Waals surface area contributed by atoms with E-state index in [4.69, 9.17) is 0 Å². The molecule has 0 spiro atoms. The molecule has 0 aliphatic rings. The summed E-state index contributed by atoms with van der Waals surface area (Å²) < 4.78 is 0. The molecule has 2 nitrogen and oxygen atoms in total. The van der Waals surface area contributed by atoms with E-state index < -0.39 is 0 Å². The molecule has 0 aliphatic carbocycles. The molecule has 2 N–H and O–H groups in total. The molecule has 0 radical (unpaired) electrons. The highest BCUT2D eigenvalue weighted by Gasteiger charge is 2.27. The van der Waals surface area contributed by atoms with E-state index in [2.05, 4.69) is 39.0 Å². The molecular formula is C20H26O2. The first kappa shape index (κ1) is 16.6. The molecule has 2 heteroatoms. The van der Waals surface area contributed by atoms with Gasteiger partial charge in [-0.05, 0) is 30.0 Å². The summed E-state index contributed by atoms with van der Waals surface area (Å²) in [6, 6.07) is 14.2. The molecule has 0 bridgehead atoms. The van der Waals surface area contributed by atoms with Gasteiger partial charge in [-0.1, -0.05) is 63.6 Å². The number of phenols is 1. The second-order valence-corrected chi connectivity index (χ2v) is 6.40. The van der Waals surface area contributed by atoms with Crippen LogP contribution in [0.25, 0.3) is 0 Å². The van der Waals surface area contributed by atoms with Crippen molar-refractivity contribution in [2.24, 2.45) is 0 Å². The summed E-state index contributed by atoms with van der Waals surface area (Å²) in [4.78, 5) is 0. The summed E-state index contributed by atoms with van der Waals surface area (Å²) in [5.74, 6) is 0.219. The van der Waals surface area contributed by atoms with E-state index in [0.717, 1.165) is 30.4 Å². The van der Waals surface area contributed by atoms with Crippen LogP contribution in [0.4, 0.5) is 0 Å². The highest BCUT2D eigenvalue weighted by molar-refractivity contribution is 5.51. The SMILES string of the molecule is CCCCc1cc(CO)c(O)c(C(C)(C)c2ccccc2)c1. The molecule has 0 aromatic heterocycles. The quantitative estimate of drug-likeness (QED) is 0.821. The van der Waals surface area contributed by atoms with Crippen LogP contribution in [0, 0.1) is 0 Å². The Hall–Kier alpha value is -1.80. The minimum atomic E-state index is -0.308. The predicted molar refractivity (Wildman–Crippen MR) is 91.2 cm³/mol. The average Bonchev–Trinajstić information content (AvgIpc) is 2.54. The summed E-state index contributed by atoms with van der Waals surface area (Å²) in [6.45, 7) is 6.26. The van der Waals surface area contributed by atoms with E-state index in [-0.39, 0.29) is 17.8 Å². The Labute approximate surface area is 133 Å². The van der Waals surface area contributed by atoms with Gasteiger partial charge in [0.05, 0.1) is 6.61 Å². The topological polar surface area (TPSA) is 40.5 Å². The number of aromatic hydroxyl groups is 1. The van der Waals surface area contributed by atoms with Crippen molar-refractivity contribution in [1.29, 1.82) is 0 Å². The van der Waals surface area contributed by atoms with Crippen LogP contribution in [-0.4, -0.2) is 10.2 Å². The molecule has 118 valence electrons. The molecule has 2 aromatic rings. The third-order valence-electron chi connectivity index (χ3n) is 4.41. The zero-order valence-electron chi connectivity index (χ0n) is 13.8. The Morgan fingerprint density at radius 3 is 2.32 bits per heavy atom. The maximum atomic E-state index is 10.6. The zero-order chi connectivity index (χ0) is 16.2. The smallest absolute Gasteiger partial charge is 0.125 e. The predicted octanol–water partition coefficient (Wildman–Crippen LogP) is 4.55. The van der Waals surface area contributed by atoms with E-state index in [1.54, 1.807) is 0 Å². The van der Waals surface area contributed by atoms with Gasteiger partial charge in [-0.3, -0.25) is 0 Å². The average molecular weight is 298 g/mol. The standard InChI is InChI=1S/C20H26O2/c1-4-5-9-15-12-16(14-21)19(22)18(13-15)20(2,3)17-10-7-6-8-11-17/h6-8,10-13,21-22H,4-5,9,14H2,1-3H3. The van der Waals surface area contributed by atoms with Crippen LogP contribution >= 0.6 is 0 Å². The molecule has 0 heterocycles. The first-order valence-electron chi connectivity index (χ1n) is 8.02. The summed E-state index contributed by atoms with van der Waals surface area (Å²) in [7, 11) is 0. The fraction of sp³-hybridized carbons (Fsp3) is 0.400. The molecule has 0 aliphatic heterocycles. The number of rotatable bonds is 6. The van der Waals surface area contributed by atoms with E-state index in [0.29, 0.717) is 5.56 Å². The van der Waals surface area contributed by atoms with Crippen LogP contribution in [0.5, 0.6) is 5.75 Å². The van der Waals surface area contributed by atoms with Crippen molar-refractivity contribution in [1.82, 2.24) is 0 Å². The summed E-state index contributed by atoms with van der Waals surface area (Å²) in [6.07, 6.45) is 3.22. The lowest BCUT2D eigenvalue weighted by molar-refractivity contribution is 0.274. The minimum absolute atomic E-state index is 0.135. The van der Waals surface area contributed by atoms with E-state index in [9.17, 15) is 10.2 Å². The number of aryl methyl sites for hydroxylation is 1. The Bertz CT molecular complexity index is 615. The first-order chi connectivity index (χ1) is 10.5. The number of aliphatic hydroxyl groups excluding tert-OH is 1. The second-order valence-electron chi connectivity index (χ2n) is 6.40. The third-order valence-corrected chi connectivity index (χ3v) is 4.41. The van der Waals surface area contributed by atoms with E-state index in [1.807, 2.05) is 24.3 Å². The van der Waals surface area contributed by atoms with Crippen LogP contribution in [0.15, 0.2) is 42.5 Å². The van der Waals surface area contributed by atoms with Crippen LogP contribution < -0.4 is 0 Å². The van der Waals surface area contributed by atoms with Gasteiger partial charge in [-0.15, -0.1) is 0 Å². The number of hydrogen-bond acceptors (Lipinski definition) is 2. The Kier molecular flexibility index (Phi) is 5.25. The van der Waals surface area contributed by atoms with Crippen molar-refractivity contribution in [3.63, 3.8) is 0 Å². The second kappa shape index (κ2) is 6.97. The van der Waals surface area contributed by atoms with Gasteiger partial charge in [-0.25, -0.2) is 0 Å². The number of unbranched alkanes of at least 4 members (excludes halogenated alkanes) is 1. The lowest BCUT2D eigenvalue weighted by atomic mass is 9.76. The fourth-order valence-electron chi connectivity index (χ4n) is 2.89. The Morgan fingerprint density at radius 1 is 1.05 bits per heavy atom. The lowest BCUT2D eigenvalue weighted by Gasteiger charge is -2.28. The van der Waals surface area contributed by atoms with Gasteiger partial charge >= 0.3 is 0 Å². The van der Waals surface area contributed by atoms with Gasteiger partial charge in [0.1, 0.15) is 5.75 Å². The van der Waals surface area contributed by atoms with Crippen molar-refractivity contribution in [2.45, 2.75) is 52.1 Å². The third kappa shape index (κ3) is 3.33. The molecule has 0 saturated carbocycles. The van der Waals surface area contributed by atoms with Crippen molar-refractivity contribution in [2.75, 3.05) is 0 Å². The van der Waals surface area contributed by atoms with Crippen LogP contribution in [0.3, 0.4) is 0 Å². The normalized spacial score (nSPS) is 11.6. The molecule has 0 fully saturated rings. The molecule has 0 saturated heterocycles. The molecule has 2 aromatic carbocycles. The largest absolute Gasteiger partial charge is 0.507 e. The highest BCUT2D eigenvalue weighted by atomic mass is 16.3. The van der Waals surface area contributed by atoms with Crippen LogP contribution in [-0.2, 0) is 18.4 Å². The highest BCUT2D eigenvalue weighted by Crippen LogP contribution is 2.39. The molecule has 0 unspecified atom stereocenters. The van der Waals surface area contributed by atoms with Crippen LogP contribution in [0.1, 0.15) is 55.9 Å². The van der Waals surface area contributed by atoms with Gasteiger partial charge in [0.15, 0.2) is 0 Å². The maximum Gasteiger partial charge on any atom is 0.125 e. The first-order valence-corrected chi connectivity index (χ1v) is 8.02. The minimum Gasteiger partial charge on any atom is -0.507 e. The van der Waals surface area contributed by atoms with Gasteiger partial charge in [-0.2, -0.15) is 0 Å². The summed E-state index contributed by atoms with van der Waals surface area (Å²) in [5.41, 5.74) is 3.53. The van der Waals surface area contributed by atoms with E-state index in [1.165, 1.54) is 5.56 Å². The van der Waals surface area contributed by atoms with E-state index >= 15 is 0 Å². The number of benzene rings is 2. The molecule has 0 atom stereocenters. The molecular weight excluding hydrogens is 272 g/mol. The molecule has 0 amide bonds. The lowest BCUT2D eigenvalue weighted by Crippen LogP contribution is -2.20. The number of aliphatic hydroxyl groups is 1. The van der Waals surface area contributed by atoms with Crippen molar-refractivity contribution in [3.05, 3.63) is 64.7 Å². The summed E-state index contributed by atoms with van der Waals surface area (Å²) >= 11 is 0. The van der Waals surface area contributed by atoms with Crippen LogP contribution in [0.2, 0.25) is 0 Å². The Morgan fingerprint density at radius 2 is 1.73 bits per heavy atom. The van der Waals surface area contributed by atoms with Crippen molar-refractivity contribution < 1.29 is 10.2 Å². The molecule has 2 rings (SSSR count). The van der Waals surface area contributed by atoms with Gasteiger partial charge in [0, 0.05) is 16.5 Å². The number of hydrogen-bond donors (Lipinski definition) is 2. The maximum absolute atomic E-state index is 10.6. The fourth-order valence-corrected chi connectivity index (χ4v) is 2.89. The Balaban J connectivity index is 2.52. The summed E-state index contributed by atoms with van der Waals surface area (Å²) in [5, 5.41) is 20.1.